The second-order valence-electron chi connectivity index (χ2n) is 6.81. The molecule has 2 aromatic carbocycles. The molecule has 3 aromatic rings. The number of nitrogens with one attached hydrogen (secondary N) is 1. The minimum absolute atomic E-state index is 0.0624. The average molecular weight is 388 g/mol. The lowest BCUT2D eigenvalue weighted by Crippen LogP contribution is -2.38. The minimum atomic E-state index is 0.0624. The van der Waals surface area contributed by atoms with Crippen molar-refractivity contribution in [2.75, 3.05) is 18.7 Å². The molecule has 0 radical (unpaired) electrons. The van der Waals surface area contributed by atoms with Gasteiger partial charge in [0.1, 0.15) is 5.75 Å². The predicted octanol–water partition coefficient (Wildman–Crippen LogP) is 3.52. The molecule has 148 valence electrons. The molecule has 29 heavy (non-hydrogen) atoms. The van der Waals surface area contributed by atoms with Gasteiger partial charge >= 0.3 is 0 Å². The summed E-state index contributed by atoms with van der Waals surface area (Å²) in [6.45, 7) is 1.10. The normalized spacial score (nSPS) is 16.0. The van der Waals surface area contributed by atoms with E-state index < -0.39 is 0 Å². The van der Waals surface area contributed by atoms with Gasteiger partial charge in [-0.2, -0.15) is 0 Å². The highest BCUT2D eigenvalue weighted by Crippen LogP contribution is 2.30. The van der Waals surface area contributed by atoms with Crippen LogP contribution in [0.15, 0.2) is 85.0 Å². The molecule has 1 aromatic heterocycles. The zero-order valence-corrected chi connectivity index (χ0v) is 16.4. The Balaban J connectivity index is 1.50. The fourth-order valence-electron chi connectivity index (χ4n) is 3.33. The summed E-state index contributed by atoms with van der Waals surface area (Å²) in [6, 6.07) is 18.2. The molecule has 6 nitrogen and oxygen atoms in total. The van der Waals surface area contributed by atoms with Crippen molar-refractivity contribution in [3.63, 3.8) is 0 Å². The molecule has 0 saturated heterocycles. The highest BCUT2D eigenvalue weighted by Gasteiger charge is 2.27. The standard InChI is InChI=1S/C23H24N4O2/c1-28-23-10-6-5-9-22(23)27-15-19(17-29-16-18-7-3-2-4-8-18)21(26-27)13-20-14-24-11-12-25-20/h2-12,14-15,21,26H,13,16-17H2,1H3. The van der Waals surface area contributed by atoms with Gasteiger partial charge in [0.25, 0.3) is 0 Å². The third-order valence-corrected chi connectivity index (χ3v) is 4.79. The van der Waals surface area contributed by atoms with Gasteiger partial charge < -0.3 is 9.47 Å². The molecular weight excluding hydrogens is 364 g/mol. The Hall–Kier alpha value is -3.22. The molecule has 1 atom stereocenters. The maximum Gasteiger partial charge on any atom is 0.143 e. The van der Waals surface area contributed by atoms with Gasteiger partial charge in [-0.1, -0.05) is 42.5 Å². The largest absolute Gasteiger partial charge is 0.495 e. The lowest BCUT2D eigenvalue weighted by Gasteiger charge is -2.22. The second-order valence-corrected chi connectivity index (χ2v) is 6.81. The Bertz CT molecular complexity index is 947. The van der Waals surface area contributed by atoms with E-state index >= 15 is 0 Å². The summed E-state index contributed by atoms with van der Waals surface area (Å²) in [7, 11) is 1.68. The van der Waals surface area contributed by atoms with Crippen LogP contribution in [0.4, 0.5) is 5.69 Å². The number of hydrazine groups is 1. The third-order valence-electron chi connectivity index (χ3n) is 4.79. The zero-order chi connectivity index (χ0) is 19.9. The van der Waals surface area contributed by atoms with Gasteiger partial charge in [-0.25, -0.2) is 5.43 Å². The number of rotatable bonds is 8. The van der Waals surface area contributed by atoms with Gasteiger partial charge in [0.15, 0.2) is 0 Å². The van der Waals surface area contributed by atoms with Gasteiger partial charge in [-0.15, -0.1) is 0 Å². The van der Waals surface area contributed by atoms with E-state index in [1.165, 1.54) is 0 Å². The Morgan fingerprint density at radius 3 is 2.62 bits per heavy atom. The molecule has 1 unspecified atom stereocenters. The molecule has 0 bridgehead atoms. The maximum atomic E-state index is 6.01. The molecule has 0 aliphatic carbocycles. The maximum absolute atomic E-state index is 6.01. The number of nitrogens with zero attached hydrogens (tertiary/aromatic N) is 3. The first-order chi connectivity index (χ1) is 14.3. The summed E-state index contributed by atoms with van der Waals surface area (Å²) in [5, 5.41) is 2.00. The fraction of sp³-hybridized carbons (Fsp3) is 0.217. The number of benzene rings is 2. The molecule has 4 rings (SSSR count). The molecule has 1 aliphatic rings. The predicted molar refractivity (Wildman–Crippen MR) is 112 cm³/mol. The zero-order valence-electron chi connectivity index (χ0n) is 16.4. The topological polar surface area (TPSA) is 59.5 Å². The van der Waals surface area contributed by atoms with Crippen LogP contribution in [0.5, 0.6) is 5.75 Å². The molecule has 1 N–H and O–H groups in total. The molecule has 0 spiro atoms. The number of hydrogen-bond donors (Lipinski definition) is 1. The van der Waals surface area contributed by atoms with Gasteiger partial charge in [0.05, 0.1) is 37.7 Å². The quantitative estimate of drug-likeness (QED) is 0.637. The van der Waals surface area contributed by atoms with E-state index in [4.69, 9.17) is 9.47 Å². The van der Waals surface area contributed by atoms with E-state index in [1.807, 2.05) is 47.5 Å². The number of hydrogen-bond acceptors (Lipinski definition) is 6. The van der Waals surface area contributed by atoms with Crippen molar-refractivity contribution in [2.45, 2.75) is 19.1 Å². The van der Waals surface area contributed by atoms with E-state index in [1.54, 1.807) is 25.7 Å². The summed E-state index contributed by atoms with van der Waals surface area (Å²) in [6.07, 6.45) is 8.02. The second kappa shape index (κ2) is 9.32. The Morgan fingerprint density at radius 2 is 1.83 bits per heavy atom. The van der Waals surface area contributed by atoms with E-state index in [0.29, 0.717) is 13.2 Å². The summed E-state index contributed by atoms with van der Waals surface area (Å²) >= 11 is 0. The lowest BCUT2D eigenvalue weighted by atomic mass is 10.1. The van der Waals surface area contributed by atoms with E-state index in [9.17, 15) is 0 Å². The SMILES string of the molecule is COc1ccccc1N1C=C(COCc2ccccc2)C(Cc2cnccn2)N1. The highest BCUT2D eigenvalue weighted by atomic mass is 16.5. The molecular formula is C23H24N4O2. The summed E-state index contributed by atoms with van der Waals surface area (Å²) in [5.41, 5.74) is 7.74. The van der Waals surface area contributed by atoms with Gasteiger partial charge in [0, 0.05) is 31.2 Å². The third kappa shape index (κ3) is 4.80. The molecule has 0 saturated carbocycles. The van der Waals surface area contributed by atoms with Crippen molar-refractivity contribution in [2.24, 2.45) is 0 Å². The summed E-state index contributed by atoms with van der Waals surface area (Å²) in [4.78, 5) is 8.61. The van der Waals surface area contributed by atoms with Gasteiger partial charge in [-0.05, 0) is 23.3 Å². The molecule has 1 aliphatic heterocycles. The van der Waals surface area contributed by atoms with Crippen LogP contribution in [0.2, 0.25) is 0 Å². The molecule has 2 heterocycles. The van der Waals surface area contributed by atoms with Gasteiger partial charge in [0.2, 0.25) is 0 Å². The molecule has 0 fully saturated rings. The Labute approximate surface area is 170 Å². The van der Waals surface area contributed by atoms with Crippen LogP contribution in [0.25, 0.3) is 0 Å². The Kier molecular flexibility index (Phi) is 6.14. The monoisotopic (exact) mass is 388 g/mol. The van der Waals surface area contributed by atoms with Crippen molar-refractivity contribution in [3.8, 4) is 5.75 Å². The van der Waals surface area contributed by atoms with Crippen molar-refractivity contribution < 1.29 is 9.47 Å². The highest BCUT2D eigenvalue weighted by molar-refractivity contribution is 5.61. The first kappa shape index (κ1) is 19.1. The summed E-state index contributed by atoms with van der Waals surface area (Å²) < 4.78 is 11.5. The number of ether oxygens (including phenoxy) is 2. The molecule has 0 amide bonds. The van der Waals surface area contributed by atoms with Crippen LogP contribution in [0.3, 0.4) is 0 Å². The first-order valence-corrected chi connectivity index (χ1v) is 9.59. The van der Waals surface area contributed by atoms with Gasteiger partial charge in [-0.3, -0.25) is 15.0 Å². The van der Waals surface area contributed by atoms with E-state index in [-0.39, 0.29) is 6.04 Å². The number of para-hydroxylation sites is 2. The van der Waals surface area contributed by atoms with Crippen molar-refractivity contribution in [1.82, 2.24) is 15.4 Å². The average Bonchev–Trinajstić information content (AvgIpc) is 3.17. The van der Waals surface area contributed by atoms with E-state index in [2.05, 4.69) is 33.7 Å². The smallest absolute Gasteiger partial charge is 0.143 e. The first-order valence-electron chi connectivity index (χ1n) is 9.59. The Morgan fingerprint density at radius 1 is 1.00 bits per heavy atom. The summed E-state index contributed by atoms with van der Waals surface area (Å²) in [5.74, 6) is 0.806. The minimum Gasteiger partial charge on any atom is -0.495 e. The number of anilines is 1. The van der Waals surface area contributed by atoms with Crippen LogP contribution < -0.4 is 15.2 Å². The lowest BCUT2D eigenvalue weighted by molar-refractivity contribution is 0.139. The van der Waals surface area contributed by atoms with Crippen molar-refractivity contribution in [3.05, 3.63) is 96.2 Å². The van der Waals surface area contributed by atoms with Crippen LogP contribution in [0, 0.1) is 0 Å². The van der Waals surface area contributed by atoms with Crippen molar-refractivity contribution >= 4 is 5.69 Å². The number of methoxy groups -OCH3 is 1. The van der Waals surface area contributed by atoms with Crippen molar-refractivity contribution in [1.29, 1.82) is 0 Å². The fourth-order valence-corrected chi connectivity index (χ4v) is 3.33. The van der Waals surface area contributed by atoms with Crippen LogP contribution in [0.1, 0.15) is 11.3 Å². The van der Waals surface area contributed by atoms with E-state index in [0.717, 1.165) is 34.7 Å². The van der Waals surface area contributed by atoms with Crippen LogP contribution in [-0.2, 0) is 17.8 Å². The number of aromatic nitrogens is 2. The van der Waals surface area contributed by atoms with Crippen LogP contribution >= 0.6 is 0 Å². The van der Waals surface area contributed by atoms with Crippen LogP contribution in [-0.4, -0.2) is 29.7 Å². The molecule has 6 heteroatoms.